The number of hydrogen-bond donors (Lipinski definition) is 0. The first-order valence-corrected chi connectivity index (χ1v) is 12.7. The first-order valence-electron chi connectivity index (χ1n) is 11.2. The van der Waals surface area contributed by atoms with E-state index in [0.29, 0.717) is 50.8 Å². The largest absolute Gasteiger partial charge is 0.381 e. The summed E-state index contributed by atoms with van der Waals surface area (Å²) in [6, 6.07) is 10.2. The minimum Gasteiger partial charge on any atom is -0.381 e. The molecule has 0 aliphatic carbocycles. The van der Waals surface area contributed by atoms with Crippen molar-refractivity contribution in [1.29, 1.82) is 0 Å². The number of carbonyl (C=O) groups excluding carboxylic acids is 1. The van der Waals surface area contributed by atoms with Crippen LogP contribution in [0.25, 0.3) is 0 Å². The Morgan fingerprint density at radius 3 is 2.12 bits per heavy atom. The minimum atomic E-state index is -3.76. The third-order valence-corrected chi connectivity index (χ3v) is 8.90. The molecule has 0 unspecified atom stereocenters. The van der Waals surface area contributed by atoms with Crippen LogP contribution in [0.2, 0.25) is 0 Å². The fourth-order valence-corrected chi connectivity index (χ4v) is 6.23. The summed E-state index contributed by atoms with van der Waals surface area (Å²) in [6.45, 7) is 9.01. The molecule has 33 heavy (non-hydrogen) atoms. The molecule has 1 amide bonds. The molecule has 2 fully saturated rings. The zero-order valence-electron chi connectivity index (χ0n) is 19.6. The Balaban J connectivity index is 1.74. The Kier molecular flexibility index (Phi) is 6.32. The number of amides is 1. The Labute approximate surface area is 195 Å². The number of aromatic nitrogens is 2. The average Bonchev–Trinajstić information content (AvgIpc) is 2.76. The number of aryl methyl sites for hydroxylation is 1. The molecular formula is C24H31N3O5S. The number of anilines is 1. The van der Waals surface area contributed by atoms with Gasteiger partial charge in [0.15, 0.2) is 15.7 Å². The highest BCUT2D eigenvalue weighted by molar-refractivity contribution is 7.92. The molecule has 9 heteroatoms. The van der Waals surface area contributed by atoms with Crippen molar-refractivity contribution in [3.05, 3.63) is 47.7 Å². The van der Waals surface area contributed by atoms with E-state index >= 15 is 0 Å². The van der Waals surface area contributed by atoms with Gasteiger partial charge in [0, 0.05) is 18.6 Å². The summed E-state index contributed by atoms with van der Waals surface area (Å²) in [7, 11) is -3.76. The van der Waals surface area contributed by atoms with E-state index in [2.05, 4.69) is 10.2 Å². The quantitative estimate of drug-likeness (QED) is 0.658. The molecule has 0 atom stereocenters. The third kappa shape index (κ3) is 4.29. The van der Waals surface area contributed by atoms with Gasteiger partial charge in [0.25, 0.3) is 0 Å². The molecule has 4 rings (SSSR count). The van der Waals surface area contributed by atoms with Crippen molar-refractivity contribution in [2.45, 2.75) is 56.2 Å². The van der Waals surface area contributed by atoms with Gasteiger partial charge in [-0.3, -0.25) is 9.69 Å². The number of hydrogen-bond acceptors (Lipinski definition) is 7. The molecule has 2 aliphatic heterocycles. The summed E-state index contributed by atoms with van der Waals surface area (Å²) in [5.41, 5.74) is 0.762. The second kappa shape index (κ2) is 8.77. The van der Waals surface area contributed by atoms with Gasteiger partial charge in [-0.15, -0.1) is 5.10 Å². The zero-order chi connectivity index (χ0) is 23.9. The Bertz CT molecular complexity index is 1100. The normalized spacial score (nSPS) is 19.0. The van der Waals surface area contributed by atoms with Crippen molar-refractivity contribution in [1.82, 2.24) is 10.2 Å². The van der Waals surface area contributed by atoms with Crippen LogP contribution in [0, 0.1) is 12.3 Å². The summed E-state index contributed by atoms with van der Waals surface area (Å²) >= 11 is 0. The van der Waals surface area contributed by atoms with Crippen LogP contribution in [0.3, 0.4) is 0 Å². The maximum Gasteiger partial charge on any atom is 0.233 e. The van der Waals surface area contributed by atoms with E-state index in [1.54, 1.807) is 41.3 Å². The first-order chi connectivity index (χ1) is 15.6. The Morgan fingerprint density at radius 2 is 1.64 bits per heavy atom. The molecule has 0 radical (unpaired) electrons. The molecule has 2 saturated heterocycles. The predicted octanol–water partition coefficient (Wildman–Crippen LogP) is 3.04. The van der Waals surface area contributed by atoms with Crippen LogP contribution in [0.4, 0.5) is 5.82 Å². The van der Waals surface area contributed by atoms with Gasteiger partial charge in [0.1, 0.15) is 4.75 Å². The maximum absolute atomic E-state index is 13.8. The molecule has 1 aromatic heterocycles. The van der Waals surface area contributed by atoms with Crippen molar-refractivity contribution >= 4 is 21.6 Å². The second-order valence-electron chi connectivity index (χ2n) is 9.82. The van der Waals surface area contributed by atoms with Crippen molar-refractivity contribution in [2.24, 2.45) is 5.41 Å². The first kappa shape index (κ1) is 23.8. The topological polar surface area (TPSA) is 98.7 Å². The number of ether oxygens (including phenoxy) is 2. The summed E-state index contributed by atoms with van der Waals surface area (Å²) < 4.78 is 37.2. The van der Waals surface area contributed by atoms with Gasteiger partial charge in [0.05, 0.1) is 29.8 Å². The maximum atomic E-state index is 13.8. The highest BCUT2D eigenvalue weighted by Gasteiger charge is 2.49. The summed E-state index contributed by atoms with van der Waals surface area (Å²) in [4.78, 5) is 15.0. The van der Waals surface area contributed by atoms with Crippen LogP contribution < -0.4 is 4.90 Å². The van der Waals surface area contributed by atoms with Gasteiger partial charge >= 0.3 is 0 Å². The molecule has 0 bridgehead atoms. The molecule has 2 aliphatic rings. The van der Waals surface area contributed by atoms with E-state index in [4.69, 9.17) is 9.47 Å². The second-order valence-corrected chi connectivity index (χ2v) is 12.1. The molecule has 0 N–H and O–H groups in total. The SMILES string of the molecule is Cc1ccc(S(=O)(=O)C2(c3ccc(N(C(=O)C(C)(C)C)C4COC4)nn3)CCOCC2)cc1. The van der Waals surface area contributed by atoms with Gasteiger partial charge in [-0.25, -0.2) is 8.42 Å². The van der Waals surface area contributed by atoms with Gasteiger partial charge < -0.3 is 9.47 Å². The molecular weight excluding hydrogens is 442 g/mol. The molecule has 8 nitrogen and oxygen atoms in total. The Hall–Kier alpha value is -2.36. The summed E-state index contributed by atoms with van der Waals surface area (Å²) in [5, 5.41) is 8.74. The van der Waals surface area contributed by atoms with Gasteiger partial charge in [0.2, 0.25) is 5.91 Å². The van der Waals surface area contributed by atoms with Crippen LogP contribution >= 0.6 is 0 Å². The van der Waals surface area contributed by atoms with E-state index in [1.807, 2.05) is 27.7 Å². The highest BCUT2D eigenvalue weighted by Crippen LogP contribution is 2.43. The van der Waals surface area contributed by atoms with Gasteiger partial charge in [-0.1, -0.05) is 38.5 Å². The lowest BCUT2D eigenvalue weighted by molar-refractivity contribution is -0.128. The van der Waals surface area contributed by atoms with E-state index in [-0.39, 0.29) is 16.8 Å². The number of rotatable bonds is 5. The van der Waals surface area contributed by atoms with Crippen molar-refractivity contribution < 1.29 is 22.7 Å². The molecule has 1 aromatic carbocycles. The molecule has 0 spiro atoms. The third-order valence-electron chi connectivity index (χ3n) is 6.36. The zero-order valence-corrected chi connectivity index (χ0v) is 20.4. The van der Waals surface area contributed by atoms with Crippen molar-refractivity contribution in [3.8, 4) is 0 Å². The summed E-state index contributed by atoms with van der Waals surface area (Å²) in [5.74, 6) is 0.327. The van der Waals surface area contributed by atoms with E-state index in [0.717, 1.165) is 5.56 Å². The highest BCUT2D eigenvalue weighted by atomic mass is 32.2. The fourth-order valence-electron chi connectivity index (χ4n) is 4.19. The lowest BCUT2D eigenvalue weighted by Gasteiger charge is -2.39. The molecule has 2 aromatic rings. The fraction of sp³-hybridized carbons (Fsp3) is 0.542. The number of sulfone groups is 1. The standard InChI is InChI=1S/C24H31N3O5S/c1-17-5-7-19(8-6-17)33(29,30)24(11-13-31-14-12-24)20-9-10-21(26-25-20)27(18-15-32-16-18)22(28)23(2,3)4/h5-10,18H,11-16H2,1-4H3. The van der Waals surface area contributed by atoms with Gasteiger partial charge in [-0.2, -0.15) is 5.10 Å². The lowest BCUT2D eigenvalue weighted by Crippen LogP contribution is -2.55. The molecule has 3 heterocycles. The number of benzene rings is 1. The monoisotopic (exact) mass is 473 g/mol. The van der Waals surface area contributed by atoms with E-state index in [1.165, 1.54) is 0 Å². The molecule has 178 valence electrons. The van der Waals surface area contributed by atoms with E-state index < -0.39 is 20.0 Å². The Morgan fingerprint density at radius 1 is 1.00 bits per heavy atom. The van der Waals surface area contributed by atoms with Gasteiger partial charge in [-0.05, 0) is 44.0 Å². The average molecular weight is 474 g/mol. The predicted molar refractivity (Wildman–Crippen MR) is 124 cm³/mol. The van der Waals surface area contributed by atoms with Crippen LogP contribution in [0.5, 0.6) is 0 Å². The lowest BCUT2D eigenvalue weighted by atomic mass is 9.93. The number of carbonyl (C=O) groups is 1. The van der Waals surface area contributed by atoms with Crippen LogP contribution in [-0.4, -0.2) is 57.0 Å². The van der Waals surface area contributed by atoms with E-state index in [9.17, 15) is 13.2 Å². The van der Waals surface area contributed by atoms with Crippen LogP contribution in [0.15, 0.2) is 41.3 Å². The van der Waals surface area contributed by atoms with Crippen LogP contribution in [-0.2, 0) is 28.9 Å². The van der Waals surface area contributed by atoms with Crippen molar-refractivity contribution in [3.63, 3.8) is 0 Å². The summed E-state index contributed by atoms with van der Waals surface area (Å²) in [6.07, 6.45) is 0.580. The van der Waals surface area contributed by atoms with Crippen LogP contribution in [0.1, 0.15) is 44.9 Å². The molecule has 0 saturated carbocycles. The van der Waals surface area contributed by atoms with Crippen molar-refractivity contribution in [2.75, 3.05) is 31.3 Å². The number of nitrogens with zero attached hydrogens (tertiary/aromatic N) is 3. The smallest absolute Gasteiger partial charge is 0.233 e. The minimum absolute atomic E-state index is 0.0779.